The Balaban J connectivity index is 1.00. The number of carboxylic acid groups (broad SMARTS) is 1. The van der Waals surface area contributed by atoms with E-state index in [1.807, 2.05) is 87.1 Å². The summed E-state index contributed by atoms with van der Waals surface area (Å²) in [4.78, 5) is 67.4. The maximum absolute atomic E-state index is 14.9. The van der Waals surface area contributed by atoms with Crippen LogP contribution in [-0.4, -0.2) is 111 Å². The van der Waals surface area contributed by atoms with Crippen LogP contribution in [0.3, 0.4) is 0 Å². The minimum Gasteiger partial charge on any atom is -0.465 e. The summed E-state index contributed by atoms with van der Waals surface area (Å²) < 4.78 is 9.54. The van der Waals surface area contributed by atoms with Crippen LogP contribution in [0, 0.1) is 0 Å². The fourth-order valence-corrected chi connectivity index (χ4v) is 11.0. The molecule has 2 aromatic carbocycles. The van der Waals surface area contributed by atoms with Crippen LogP contribution in [0.25, 0.3) is 22.5 Å². The average molecular weight is 957 g/mol. The number of hydrogen-bond donors (Lipinski definition) is 3. The van der Waals surface area contributed by atoms with Gasteiger partial charge in [-0.25, -0.2) is 9.59 Å². The predicted octanol–water partition coefficient (Wildman–Crippen LogP) is 7.85. The maximum Gasteiger partial charge on any atom is 0.408 e. The highest BCUT2D eigenvalue weighted by Crippen LogP contribution is 2.36. The summed E-state index contributed by atoms with van der Waals surface area (Å²) in [5, 5.41) is 25.2. The predicted molar refractivity (Wildman–Crippen MR) is 262 cm³/mol. The Morgan fingerprint density at radius 2 is 1.12 bits per heavy atom. The highest BCUT2D eigenvalue weighted by atomic mass is 33.1. The number of aryl methyl sites for hydroxylation is 2. The lowest BCUT2D eigenvalue weighted by Gasteiger charge is -2.38. The molecular weight excluding hydrogens is 901 g/mol. The van der Waals surface area contributed by atoms with Crippen LogP contribution in [0.15, 0.2) is 122 Å². The summed E-state index contributed by atoms with van der Waals surface area (Å²) in [7, 11) is 2.54. The Bertz CT molecular complexity index is 2650. The van der Waals surface area contributed by atoms with Gasteiger partial charge in [0.25, 0.3) is 0 Å². The van der Waals surface area contributed by atoms with Gasteiger partial charge < -0.3 is 30.3 Å². The lowest BCUT2D eigenvalue weighted by atomic mass is 9.98. The van der Waals surface area contributed by atoms with Gasteiger partial charge in [-0.3, -0.25) is 28.9 Å². The van der Waals surface area contributed by atoms with E-state index in [4.69, 9.17) is 14.9 Å². The molecule has 0 bridgehead atoms. The number of amides is 4. The third kappa shape index (κ3) is 12.1. The molecule has 18 heteroatoms. The molecule has 4 atom stereocenters. The van der Waals surface area contributed by atoms with Gasteiger partial charge in [-0.05, 0) is 94.0 Å². The van der Waals surface area contributed by atoms with Crippen LogP contribution in [-0.2, 0) is 40.3 Å². The standard InChI is InChI=1S/C50H56N10O6S2/c1-50(2,3)66-49(65)54-41(47(62)58-25-27-60-45(29-39(56-60)37-17-11-23-52-31-37)43(58)21-19-35-14-8-5-9-15-35)33-68-67-32-40(53-48(63)64)46(61)57-24-26-59-44(28-38(55-59)36-16-10-22-51-30-36)42(57)20-18-34-12-6-4-7-13-34/h4-17,22-23,28-31,40-43,53H,18-21,24-27,32-33H2,1-3H3,(H,54,65)(H,63,64)/t40-,41-,42?,43?/m0/s1. The quantitative estimate of drug-likeness (QED) is 0.0594. The fraction of sp³-hybridized carbons (Fsp3) is 0.360. The normalized spacial score (nSPS) is 16.5. The van der Waals surface area contributed by atoms with Gasteiger partial charge in [0.2, 0.25) is 11.8 Å². The highest BCUT2D eigenvalue weighted by molar-refractivity contribution is 8.76. The van der Waals surface area contributed by atoms with E-state index in [1.165, 1.54) is 21.6 Å². The lowest BCUT2D eigenvalue weighted by Crippen LogP contribution is -2.54. The Morgan fingerprint density at radius 1 is 0.662 bits per heavy atom. The number of benzene rings is 2. The molecule has 0 radical (unpaired) electrons. The summed E-state index contributed by atoms with van der Waals surface area (Å²) in [5.41, 5.74) is 6.40. The van der Waals surface area contributed by atoms with Gasteiger partial charge in [0.05, 0.1) is 47.9 Å². The van der Waals surface area contributed by atoms with Gasteiger partial charge in [-0.1, -0.05) is 82.3 Å². The van der Waals surface area contributed by atoms with E-state index >= 15 is 0 Å². The maximum atomic E-state index is 14.9. The van der Waals surface area contributed by atoms with Crippen molar-refractivity contribution in [3.05, 3.63) is 144 Å². The highest BCUT2D eigenvalue weighted by Gasteiger charge is 2.39. The van der Waals surface area contributed by atoms with E-state index in [1.54, 1.807) is 50.5 Å². The Hall–Kier alpha value is -6.66. The van der Waals surface area contributed by atoms with Crippen molar-refractivity contribution < 1.29 is 29.0 Å². The number of ether oxygens (including phenoxy) is 1. The number of alkyl carbamates (subject to hydrolysis) is 1. The smallest absolute Gasteiger partial charge is 0.408 e. The molecule has 354 valence electrons. The van der Waals surface area contributed by atoms with E-state index in [-0.39, 0.29) is 35.4 Å². The molecule has 4 aromatic heterocycles. The van der Waals surface area contributed by atoms with Crippen molar-refractivity contribution >= 4 is 45.6 Å². The minimum atomic E-state index is -1.33. The molecule has 2 aliphatic heterocycles. The van der Waals surface area contributed by atoms with Crippen LogP contribution in [0.2, 0.25) is 0 Å². The van der Waals surface area contributed by atoms with E-state index in [0.29, 0.717) is 51.9 Å². The molecule has 3 N–H and O–H groups in total. The van der Waals surface area contributed by atoms with Crippen LogP contribution in [0.1, 0.15) is 68.2 Å². The van der Waals surface area contributed by atoms with Crippen molar-refractivity contribution in [2.75, 3.05) is 24.6 Å². The fourth-order valence-electron chi connectivity index (χ4n) is 8.72. The average Bonchev–Trinajstić information content (AvgIpc) is 3.99. The molecule has 4 amide bonds. The second kappa shape index (κ2) is 22.0. The van der Waals surface area contributed by atoms with Crippen LogP contribution >= 0.6 is 21.6 Å². The Kier molecular flexibility index (Phi) is 15.5. The summed E-state index contributed by atoms with van der Waals surface area (Å²) in [6.45, 7) is 6.83. The first-order valence-electron chi connectivity index (χ1n) is 22.8. The zero-order valence-electron chi connectivity index (χ0n) is 38.3. The molecule has 0 saturated carbocycles. The molecule has 68 heavy (non-hydrogen) atoms. The lowest BCUT2D eigenvalue weighted by molar-refractivity contribution is -0.137. The number of nitrogens with zero attached hydrogens (tertiary/aromatic N) is 8. The first-order chi connectivity index (χ1) is 32.9. The number of aromatic nitrogens is 6. The van der Waals surface area contributed by atoms with Crippen molar-refractivity contribution in [1.82, 2.24) is 50.0 Å². The number of carbonyl (C=O) groups is 4. The number of pyridine rings is 2. The first-order valence-corrected chi connectivity index (χ1v) is 25.3. The van der Waals surface area contributed by atoms with E-state index < -0.39 is 29.9 Å². The van der Waals surface area contributed by atoms with Crippen molar-refractivity contribution in [3.63, 3.8) is 0 Å². The molecule has 8 rings (SSSR count). The molecule has 6 heterocycles. The zero-order valence-corrected chi connectivity index (χ0v) is 39.9. The Labute approximate surface area is 403 Å². The summed E-state index contributed by atoms with van der Waals surface area (Å²) in [5.74, 6) is -0.473. The van der Waals surface area contributed by atoms with Gasteiger partial charge in [0.15, 0.2) is 0 Å². The molecule has 2 aliphatic rings. The van der Waals surface area contributed by atoms with Crippen LogP contribution < -0.4 is 10.6 Å². The van der Waals surface area contributed by atoms with Crippen molar-refractivity contribution in [3.8, 4) is 22.5 Å². The van der Waals surface area contributed by atoms with Gasteiger partial charge in [0, 0.05) is 60.5 Å². The van der Waals surface area contributed by atoms with Crippen molar-refractivity contribution in [2.45, 2.75) is 89.3 Å². The molecule has 2 unspecified atom stereocenters. The minimum absolute atomic E-state index is 0.0605. The largest absolute Gasteiger partial charge is 0.465 e. The zero-order chi connectivity index (χ0) is 47.6. The topological polar surface area (TPSA) is 190 Å². The van der Waals surface area contributed by atoms with E-state index in [9.17, 15) is 24.3 Å². The van der Waals surface area contributed by atoms with E-state index in [2.05, 4.69) is 44.9 Å². The monoisotopic (exact) mass is 956 g/mol. The second-order valence-corrected chi connectivity index (χ2v) is 20.3. The van der Waals surface area contributed by atoms with Gasteiger partial charge in [-0.15, -0.1) is 0 Å². The first kappa shape index (κ1) is 47.8. The number of fused-ring (bicyclic) bond motifs is 2. The number of carbonyl (C=O) groups excluding carboxylic acids is 3. The van der Waals surface area contributed by atoms with Crippen LogP contribution in [0.4, 0.5) is 9.59 Å². The van der Waals surface area contributed by atoms with E-state index in [0.717, 1.165) is 45.0 Å². The molecule has 0 fully saturated rings. The number of hydrogen-bond acceptors (Lipinski definition) is 11. The second-order valence-electron chi connectivity index (χ2n) is 17.8. The summed E-state index contributed by atoms with van der Waals surface area (Å²) in [6.07, 6.45) is 7.45. The van der Waals surface area contributed by atoms with Crippen molar-refractivity contribution in [1.29, 1.82) is 0 Å². The molecule has 0 aliphatic carbocycles. The summed E-state index contributed by atoms with van der Waals surface area (Å²) in [6, 6.07) is 28.9. The molecule has 0 spiro atoms. The molecular formula is C50H56N10O6S2. The third-order valence-corrected chi connectivity index (χ3v) is 14.3. The number of rotatable bonds is 17. The van der Waals surface area contributed by atoms with Crippen molar-refractivity contribution in [2.24, 2.45) is 0 Å². The number of nitrogens with one attached hydrogen (secondary N) is 2. The van der Waals surface area contributed by atoms with Gasteiger partial charge >= 0.3 is 12.2 Å². The Morgan fingerprint density at radius 3 is 1.53 bits per heavy atom. The molecule has 6 aromatic rings. The van der Waals surface area contributed by atoms with Gasteiger partial charge in [0.1, 0.15) is 17.7 Å². The molecule has 0 saturated heterocycles. The SMILES string of the molecule is CC(C)(C)OC(=O)N[C@@H](CSSC[C@H](NC(=O)O)C(=O)N1CCn2nc(-c3cccnc3)cc2C1CCc1ccccc1)C(=O)N1CCn2nc(-c3cccnc3)cc2C1CCc1ccccc1. The third-order valence-electron chi connectivity index (χ3n) is 11.9. The van der Waals surface area contributed by atoms with Gasteiger partial charge in [-0.2, -0.15) is 10.2 Å². The van der Waals surface area contributed by atoms with Crippen LogP contribution in [0.5, 0.6) is 0 Å². The summed E-state index contributed by atoms with van der Waals surface area (Å²) >= 11 is 0. The molecule has 16 nitrogen and oxygen atoms in total.